The number of hydrogen-bond acceptors (Lipinski definition) is 6. The van der Waals surface area contributed by atoms with Crippen molar-refractivity contribution in [1.29, 1.82) is 0 Å². The number of piperidine rings is 1. The van der Waals surface area contributed by atoms with Crippen LogP contribution in [0.2, 0.25) is 0 Å². The fourth-order valence-electron chi connectivity index (χ4n) is 3.25. The third-order valence-electron chi connectivity index (χ3n) is 4.72. The van der Waals surface area contributed by atoms with Crippen molar-refractivity contribution in [2.24, 2.45) is 0 Å². The fraction of sp³-hybridized carbons (Fsp3) is 0.389. The van der Waals surface area contributed by atoms with Gasteiger partial charge in [0, 0.05) is 49.1 Å². The predicted octanol–water partition coefficient (Wildman–Crippen LogP) is 1.94. The lowest BCUT2D eigenvalue weighted by molar-refractivity contribution is -0.147. The lowest BCUT2D eigenvalue weighted by Gasteiger charge is -2.24. The molecule has 0 saturated carbocycles. The monoisotopic (exact) mass is 420 g/mol. The summed E-state index contributed by atoms with van der Waals surface area (Å²) in [5.41, 5.74) is 2.20. The van der Waals surface area contributed by atoms with Crippen molar-refractivity contribution in [1.82, 2.24) is 14.5 Å². The number of sulfonamides is 1. The van der Waals surface area contributed by atoms with E-state index in [1.54, 1.807) is 23.9 Å². The van der Waals surface area contributed by atoms with E-state index in [4.69, 9.17) is 0 Å². The van der Waals surface area contributed by atoms with Crippen LogP contribution in [0.5, 0.6) is 0 Å². The molecule has 1 fully saturated rings. The van der Waals surface area contributed by atoms with E-state index in [0.717, 1.165) is 33.6 Å². The molecule has 2 amide bonds. The largest absolute Gasteiger partial charge is 0.325 e. The van der Waals surface area contributed by atoms with Crippen LogP contribution in [-0.2, 0) is 26.2 Å². The number of benzene rings is 1. The highest BCUT2D eigenvalue weighted by Gasteiger charge is 2.27. The zero-order valence-electron chi connectivity index (χ0n) is 15.1. The number of aromatic nitrogens is 2. The Morgan fingerprint density at radius 2 is 1.82 bits per heavy atom. The van der Waals surface area contributed by atoms with Crippen LogP contribution in [0.1, 0.15) is 19.3 Å². The summed E-state index contributed by atoms with van der Waals surface area (Å²) in [6.45, 7) is 0.829. The summed E-state index contributed by atoms with van der Waals surface area (Å²) in [6, 6.07) is 7.00. The smallest absolute Gasteiger partial charge is 0.234 e. The zero-order chi connectivity index (χ0) is 19.7. The van der Waals surface area contributed by atoms with Gasteiger partial charge in [0.05, 0.1) is 11.4 Å². The lowest BCUT2D eigenvalue weighted by Crippen LogP contribution is -2.43. The van der Waals surface area contributed by atoms with Gasteiger partial charge < -0.3 is 4.57 Å². The average molecular weight is 421 g/mol. The Kier molecular flexibility index (Phi) is 5.15. The summed E-state index contributed by atoms with van der Waals surface area (Å²) >= 11 is 1.72. The van der Waals surface area contributed by atoms with Gasteiger partial charge in [-0.2, -0.15) is 0 Å². The van der Waals surface area contributed by atoms with Crippen LogP contribution in [0.4, 0.5) is 5.69 Å². The van der Waals surface area contributed by atoms with Gasteiger partial charge in [0.2, 0.25) is 21.8 Å². The van der Waals surface area contributed by atoms with Crippen molar-refractivity contribution in [3.05, 3.63) is 30.5 Å². The van der Waals surface area contributed by atoms with E-state index in [-0.39, 0.29) is 37.0 Å². The van der Waals surface area contributed by atoms with E-state index in [1.165, 1.54) is 0 Å². The normalized spacial score (nSPS) is 17.1. The summed E-state index contributed by atoms with van der Waals surface area (Å²) in [5.74, 6) is 0.108. The van der Waals surface area contributed by atoms with Crippen LogP contribution in [0, 0.1) is 0 Å². The van der Waals surface area contributed by atoms with E-state index in [0.29, 0.717) is 12.1 Å². The minimum absolute atomic E-state index is 0.122. The molecule has 1 N–H and O–H groups in total. The maximum Gasteiger partial charge on any atom is 0.234 e. The molecule has 8 nitrogen and oxygen atoms in total. The topological polar surface area (TPSA) is 101 Å². The molecule has 0 unspecified atom stereocenters. The molecule has 2 aromatic rings. The number of rotatable bonds is 6. The number of likely N-dealkylation sites (tertiary alicyclic amines) is 1. The first-order valence-corrected chi connectivity index (χ1v) is 11.7. The SMILES string of the molecule is O=C1CCCC(=O)N1CCS(=O)(=O)Nc1ccc(-c2cn3c(n2)SCC3)cc1. The first kappa shape index (κ1) is 19.0. The van der Waals surface area contributed by atoms with Crippen LogP contribution in [0.15, 0.2) is 35.6 Å². The zero-order valence-corrected chi connectivity index (χ0v) is 16.8. The summed E-state index contributed by atoms with van der Waals surface area (Å²) in [5, 5.41) is 1.00. The molecule has 4 rings (SSSR count). The molecule has 0 radical (unpaired) electrons. The molecule has 148 valence electrons. The summed E-state index contributed by atoms with van der Waals surface area (Å²) in [6.07, 6.45) is 3.11. The molecule has 2 aliphatic rings. The Hall–Kier alpha value is -2.33. The number of hydrogen-bond donors (Lipinski definition) is 1. The molecule has 1 aromatic carbocycles. The molecule has 0 spiro atoms. The number of thioether (sulfide) groups is 1. The number of imidazole rings is 1. The Labute approximate surface area is 167 Å². The molecule has 3 heterocycles. The highest BCUT2D eigenvalue weighted by atomic mass is 32.2. The Morgan fingerprint density at radius 1 is 1.11 bits per heavy atom. The van der Waals surface area contributed by atoms with Gasteiger partial charge in [-0.1, -0.05) is 23.9 Å². The van der Waals surface area contributed by atoms with Crippen molar-refractivity contribution in [3.63, 3.8) is 0 Å². The number of carbonyl (C=O) groups is 2. The van der Waals surface area contributed by atoms with Crippen LogP contribution in [0.25, 0.3) is 11.3 Å². The fourth-order valence-corrected chi connectivity index (χ4v) is 5.21. The van der Waals surface area contributed by atoms with Crippen molar-refractivity contribution >= 4 is 39.3 Å². The third kappa shape index (κ3) is 4.07. The number of imide groups is 1. The number of fused-ring (bicyclic) bond motifs is 1. The minimum atomic E-state index is -3.67. The highest BCUT2D eigenvalue weighted by molar-refractivity contribution is 7.99. The standard InChI is InChI=1S/C18H20N4O4S2/c23-16-2-1-3-17(24)22(16)9-11-28(25,26)20-14-6-4-13(5-7-14)15-12-21-8-10-27-18(21)19-15/h4-7,12,20H,1-3,8-11H2. The first-order valence-electron chi connectivity index (χ1n) is 9.05. The van der Waals surface area contributed by atoms with E-state index >= 15 is 0 Å². The molecular formula is C18H20N4O4S2. The number of anilines is 1. The molecule has 28 heavy (non-hydrogen) atoms. The molecule has 0 aliphatic carbocycles. The van der Waals surface area contributed by atoms with Gasteiger partial charge in [0.15, 0.2) is 5.16 Å². The first-order chi connectivity index (χ1) is 13.4. The quantitative estimate of drug-likeness (QED) is 0.717. The van der Waals surface area contributed by atoms with E-state index in [9.17, 15) is 18.0 Å². The summed E-state index contributed by atoms with van der Waals surface area (Å²) in [7, 11) is -3.67. The number of nitrogens with zero attached hydrogens (tertiary/aromatic N) is 3. The van der Waals surface area contributed by atoms with Crippen LogP contribution in [-0.4, -0.2) is 52.7 Å². The van der Waals surface area contributed by atoms with Gasteiger partial charge in [0.25, 0.3) is 0 Å². The van der Waals surface area contributed by atoms with Gasteiger partial charge >= 0.3 is 0 Å². The van der Waals surface area contributed by atoms with Gasteiger partial charge in [0.1, 0.15) is 0 Å². The second kappa shape index (κ2) is 7.59. The average Bonchev–Trinajstić information content (AvgIpc) is 3.23. The molecule has 1 saturated heterocycles. The van der Waals surface area contributed by atoms with E-state index in [1.807, 2.05) is 18.3 Å². The summed E-state index contributed by atoms with van der Waals surface area (Å²) < 4.78 is 29.3. The predicted molar refractivity (Wildman–Crippen MR) is 106 cm³/mol. The maximum absolute atomic E-state index is 12.3. The van der Waals surface area contributed by atoms with Crippen molar-refractivity contribution in [2.45, 2.75) is 31.0 Å². The second-order valence-electron chi connectivity index (χ2n) is 6.74. The Bertz CT molecular complexity index is 977. The Balaban J connectivity index is 1.38. The van der Waals surface area contributed by atoms with Crippen molar-refractivity contribution < 1.29 is 18.0 Å². The van der Waals surface area contributed by atoms with Gasteiger partial charge in [-0.3, -0.25) is 19.2 Å². The van der Waals surface area contributed by atoms with Gasteiger partial charge in [-0.15, -0.1) is 0 Å². The molecule has 0 atom stereocenters. The third-order valence-corrected chi connectivity index (χ3v) is 6.96. The molecule has 10 heteroatoms. The number of nitrogens with one attached hydrogen (secondary N) is 1. The lowest BCUT2D eigenvalue weighted by atomic mass is 10.1. The Morgan fingerprint density at radius 3 is 2.50 bits per heavy atom. The second-order valence-corrected chi connectivity index (χ2v) is 9.65. The van der Waals surface area contributed by atoms with Crippen LogP contribution >= 0.6 is 11.8 Å². The number of aryl methyl sites for hydroxylation is 1. The van der Waals surface area contributed by atoms with Crippen LogP contribution < -0.4 is 4.72 Å². The summed E-state index contributed by atoms with van der Waals surface area (Å²) in [4.78, 5) is 29.2. The van der Waals surface area contributed by atoms with Crippen molar-refractivity contribution in [3.8, 4) is 11.3 Å². The van der Waals surface area contributed by atoms with Crippen LogP contribution in [0.3, 0.4) is 0 Å². The number of amides is 2. The molecule has 2 aliphatic heterocycles. The maximum atomic E-state index is 12.3. The van der Waals surface area contributed by atoms with E-state index < -0.39 is 10.0 Å². The highest BCUT2D eigenvalue weighted by Crippen LogP contribution is 2.29. The number of carbonyl (C=O) groups excluding carboxylic acids is 2. The molecular weight excluding hydrogens is 400 g/mol. The van der Waals surface area contributed by atoms with E-state index in [2.05, 4.69) is 14.3 Å². The van der Waals surface area contributed by atoms with Crippen molar-refractivity contribution in [2.75, 3.05) is 22.8 Å². The minimum Gasteiger partial charge on any atom is -0.325 e. The molecule has 0 bridgehead atoms. The van der Waals surface area contributed by atoms with Gasteiger partial charge in [-0.25, -0.2) is 13.4 Å². The van der Waals surface area contributed by atoms with Gasteiger partial charge in [-0.05, 0) is 18.6 Å². The molecule has 1 aromatic heterocycles.